The Morgan fingerprint density at radius 1 is 1.40 bits per heavy atom. The Kier molecular flexibility index (Phi) is 3.74. The van der Waals surface area contributed by atoms with Crippen LogP contribution in [0.25, 0.3) is 0 Å². The van der Waals surface area contributed by atoms with Crippen LogP contribution in [0.15, 0.2) is 16.6 Å². The molecule has 0 aromatic heterocycles. The lowest BCUT2D eigenvalue weighted by molar-refractivity contribution is 0.0965. The van der Waals surface area contributed by atoms with E-state index in [1.165, 1.54) is 12.1 Å². The highest BCUT2D eigenvalue weighted by atomic mass is 79.9. The summed E-state index contributed by atoms with van der Waals surface area (Å²) < 4.78 is 0.164. The lowest BCUT2D eigenvalue weighted by Gasteiger charge is -2.08. The van der Waals surface area contributed by atoms with Crippen LogP contribution in [0.3, 0.4) is 0 Å². The molecular weight excluding hydrogens is 260 g/mol. The molecule has 2 N–H and O–H groups in total. The third-order valence-electron chi connectivity index (χ3n) is 1.99. The largest absolute Gasteiger partial charge is 0.507 e. The number of phenols is 2. The summed E-state index contributed by atoms with van der Waals surface area (Å²) in [5.41, 5.74) is 0.244. The van der Waals surface area contributed by atoms with Crippen LogP contribution in [-0.4, -0.2) is 16.0 Å². The van der Waals surface area contributed by atoms with Crippen molar-refractivity contribution in [2.24, 2.45) is 5.92 Å². The first kappa shape index (κ1) is 12.0. The maximum Gasteiger partial charge on any atom is 0.166 e. The van der Waals surface area contributed by atoms with Crippen molar-refractivity contribution in [1.82, 2.24) is 0 Å². The molecule has 82 valence electrons. The topological polar surface area (TPSA) is 57.5 Å². The highest BCUT2D eigenvalue weighted by Crippen LogP contribution is 2.36. The first-order valence-corrected chi connectivity index (χ1v) is 5.46. The molecule has 0 radical (unpaired) electrons. The van der Waals surface area contributed by atoms with Crippen molar-refractivity contribution in [2.75, 3.05) is 0 Å². The van der Waals surface area contributed by atoms with Crippen molar-refractivity contribution in [3.05, 3.63) is 22.2 Å². The van der Waals surface area contributed by atoms with Crippen LogP contribution in [0.4, 0.5) is 0 Å². The van der Waals surface area contributed by atoms with Crippen LogP contribution >= 0.6 is 15.9 Å². The monoisotopic (exact) mass is 272 g/mol. The molecule has 0 heterocycles. The Bertz CT molecular complexity index is 386. The van der Waals surface area contributed by atoms with Gasteiger partial charge in [0.25, 0.3) is 0 Å². The molecule has 0 atom stereocenters. The SMILES string of the molecule is CC(C)CC(=O)c1ccc(O)c(Br)c1O. The van der Waals surface area contributed by atoms with Crippen molar-refractivity contribution in [3.63, 3.8) is 0 Å². The maximum atomic E-state index is 11.7. The number of ketones is 1. The normalized spacial score (nSPS) is 10.7. The summed E-state index contributed by atoms with van der Waals surface area (Å²) in [5, 5.41) is 18.9. The van der Waals surface area contributed by atoms with E-state index in [-0.39, 0.29) is 33.2 Å². The van der Waals surface area contributed by atoms with Crippen molar-refractivity contribution >= 4 is 21.7 Å². The Labute approximate surface area is 96.9 Å². The first-order valence-electron chi connectivity index (χ1n) is 4.67. The molecule has 0 amide bonds. The summed E-state index contributed by atoms with van der Waals surface area (Å²) in [6.07, 6.45) is 0.380. The second kappa shape index (κ2) is 4.66. The predicted molar refractivity (Wildman–Crippen MR) is 61.3 cm³/mol. The fourth-order valence-electron chi connectivity index (χ4n) is 1.26. The van der Waals surface area contributed by atoms with E-state index in [1.807, 2.05) is 13.8 Å². The van der Waals surface area contributed by atoms with E-state index in [4.69, 9.17) is 0 Å². The zero-order valence-corrected chi connectivity index (χ0v) is 10.2. The Morgan fingerprint density at radius 2 is 2.00 bits per heavy atom. The highest BCUT2D eigenvalue weighted by Gasteiger charge is 2.16. The third-order valence-corrected chi connectivity index (χ3v) is 2.77. The minimum atomic E-state index is -0.194. The highest BCUT2D eigenvalue weighted by molar-refractivity contribution is 9.10. The van der Waals surface area contributed by atoms with Crippen molar-refractivity contribution in [1.29, 1.82) is 0 Å². The zero-order chi connectivity index (χ0) is 11.6. The Balaban J connectivity index is 3.06. The van der Waals surface area contributed by atoms with Crippen LogP contribution in [0.2, 0.25) is 0 Å². The molecule has 15 heavy (non-hydrogen) atoms. The summed E-state index contributed by atoms with van der Waals surface area (Å²) >= 11 is 3.01. The van der Waals surface area contributed by atoms with Crippen LogP contribution < -0.4 is 0 Å². The van der Waals surface area contributed by atoms with Crippen molar-refractivity contribution in [3.8, 4) is 11.5 Å². The molecule has 0 aliphatic rings. The molecule has 3 nitrogen and oxygen atoms in total. The minimum absolute atomic E-state index is 0.0754. The molecule has 0 saturated carbocycles. The number of hydrogen-bond acceptors (Lipinski definition) is 3. The fourth-order valence-corrected chi connectivity index (χ4v) is 1.61. The van der Waals surface area contributed by atoms with Crippen LogP contribution in [0.1, 0.15) is 30.6 Å². The number of carbonyl (C=O) groups is 1. The van der Waals surface area contributed by atoms with Gasteiger partial charge in [0.1, 0.15) is 16.0 Å². The smallest absolute Gasteiger partial charge is 0.166 e. The number of Topliss-reactive ketones (excluding diaryl/α,β-unsaturated/α-hetero) is 1. The molecular formula is C11H13BrO3. The van der Waals surface area contributed by atoms with E-state index in [0.29, 0.717) is 6.42 Å². The van der Waals surface area contributed by atoms with Crippen LogP contribution in [0, 0.1) is 5.92 Å². The summed E-state index contributed by atoms with van der Waals surface area (Å²) in [4.78, 5) is 11.7. The molecule has 1 aromatic carbocycles. The van der Waals surface area contributed by atoms with Gasteiger partial charge in [-0.05, 0) is 34.0 Å². The molecule has 0 unspecified atom stereocenters. The summed E-state index contributed by atoms with van der Waals surface area (Å²) in [6, 6.07) is 2.82. The van der Waals surface area contributed by atoms with Gasteiger partial charge in [0, 0.05) is 6.42 Å². The minimum Gasteiger partial charge on any atom is -0.507 e. The number of hydrogen-bond donors (Lipinski definition) is 2. The lowest BCUT2D eigenvalue weighted by atomic mass is 10.0. The molecule has 0 bridgehead atoms. The number of carbonyl (C=O) groups excluding carboxylic acids is 1. The van der Waals surface area contributed by atoms with E-state index in [0.717, 1.165) is 0 Å². The summed E-state index contributed by atoms with van der Waals surface area (Å²) in [5.74, 6) is -0.151. The average molecular weight is 273 g/mol. The summed E-state index contributed by atoms with van der Waals surface area (Å²) in [7, 11) is 0. The van der Waals surface area contributed by atoms with Crippen LogP contribution in [0.5, 0.6) is 11.5 Å². The number of halogens is 1. The van der Waals surface area contributed by atoms with Crippen LogP contribution in [-0.2, 0) is 0 Å². The predicted octanol–water partition coefficient (Wildman–Crippen LogP) is 3.09. The molecule has 1 rings (SSSR count). The molecule has 4 heteroatoms. The number of benzene rings is 1. The molecule has 0 saturated heterocycles. The quantitative estimate of drug-likeness (QED) is 0.832. The first-order chi connectivity index (χ1) is 6.93. The number of rotatable bonds is 3. The van der Waals surface area contributed by atoms with Gasteiger partial charge in [0.05, 0.1) is 5.56 Å². The van der Waals surface area contributed by atoms with Gasteiger partial charge in [-0.2, -0.15) is 0 Å². The van der Waals surface area contributed by atoms with Gasteiger partial charge < -0.3 is 10.2 Å². The van der Waals surface area contributed by atoms with E-state index in [1.54, 1.807) is 0 Å². The van der Waals surface area contributed by atoms with Gasteiger partial charge in [0.2, 0.25) is 0 Å². The van der Waals surface area contributed by atoms with Crippen molar-refractivity contribution < 1.29 is 15.0 Å². The van der Waals surface area contributed by atoms with Gasteiger partial charge in [0.15, 0.2) is 5.78 Å². The van der Waals surface area contributed by atoms with E-state index < -0.39 is 0 Å². The number of phenolic OH excluding ortho intramolecular Hbond substituents is 2. The van der Waals surface area contributed by atoms with E-state index >= 15 is 0 Å². The van der Waals surface area contributed by atoms with Gasteiger partial charge in [-0.15, -0.1) is 0 Å². The standard InChI is InChI=1S/C11H13BrO3/c1-6(2)5-9(14)7-3-4-8(13)10(12)11(7)15/h3-4,6,13,15H,5H2,1-2H3. The van der Waals surface area contributed by atoms with E-state index in [9.17, 15) is 15.0 Å². The van der Waals surface area contributed by atoms with E-state index in [2.05, 4.69) is 15.9 Å². The third kappa shape index (κ3) is 2.72. The molecule has 0 aliphatic heterocycles. The zero-order valence-electron chi connectivity index (χ0n) is 8.62. The fraction of sp³-hybridized carbons (Fsp3) is 0.364. The second-order valence-electron chi connectivity index (χ2n) is 3.82. The molecule has 0 aliphatic carbocycles. The number of aromatic hydroxyl groups is 2. The van der Waals surface area contributed by atoms with Gasteiger partial charge in [-0.25, -0.2) is 0 Å². The lowest BCUT2D eigenvalue weighted by Crippen LogP contribution is -2.03. The molecule has 0 spiro atoms. The Hall–Kier alpha value is -1.03. The Morgan fingerprint density at radius 3 is 2.53 bits per heavy atom. The van der Waals surface area contributed by atoms with Gasteiger partial charge in [-0.3, -0.25) is 4.79 Å². The van der Waals surface area contributed by atoms with Gasteiger partial charge >= 0.3 is 0 Å². The maximum absolute atomic E-state index is 11.7. The second-order valence-corrected chi connectivity index (χ2v) is 4.61. The van der Waals surface area contributed by atoms with Crippen molar-refractivity contribution in [2.45, 2.75) is 20.3 Å². The molecule has 1 aromatic rings. The average Bonchev–Trinajstić information content (AvgIpc) is 2.13. The molecule has 0 fully saturated rings. The summed E-state index contributed by atoms with van der Waals surface area (Å²) in [6.45, 7) is 3.87. The van der Waals surface area contributed by atoms with Gasteiger partial charge in [-0.1, -0.05) is 13.8 Å².